The lowest BCUT2D eigenvalue weighted by Crippen LogP contribution is -2.27. The van der Waals surface area contributed by atoms with Gasteiger partial charge in [0.05, 0.1) is 18.0 Å². The van der Waals surface area contributed by atoms with Crippen molar-refractivity contribution < 1.29 is 17.9 Å². The maximum Gasteiger partial charge on any atom is 0.243 e. The molecule has 1 saturated heterocycles. The number of nitrogens with zero attached hydrogens (tertiary/aromatic N) is 1. The Morgan fingerprint density at radius 2 is 1.67 bits per heavy atom. The normalized spacial score (nSPS) is 14.9. The van der Waals surface area contributed by atoms with Crippen LogP contribution in [0.2, 0.25) is 0 Å². The van der Waals surface area contributed by atoms with Gasteiger partial charge in [-0.25, -0.2) is 8.42 Å². The fourth-order valence-electron chi connectivity index (χ4n) is 3.01. The molecule has 0 aliphatic carbocycles. The summed E-state index contributed by atoms with van der Waals surface area (Å²) in [5, 5.41) is 3.07. The maximum atomic E-state index is 12.5. The van der Waals surface area contributed by atoms with E-state index in [1.54, 1.807) is 12.1 Å². The number of rotatable bonds is 8. The SMILES string of the molecule is CCOc1ccc(NCC(=O)c2ccc(S(=O)(=O)N3CCCC3)cc2)cc1. The van der Waals surface area contributed by atoms with Crippen LogP contribution in [0.5, 0.6) is 5.75 Å². The average molecular weight is 388 g/mol. The first-order valence-electron chi connectivity index (χ1n) is 9.11. The lowest BCUT2D eigenvalue weighted by atomic mass is 10.1. The van der Waals surface area contributed by atoms with Crippen LogP contribution < -0.4 is 10.1 Å². The molecule has 0 spiro atoms. The molecule has 3 rings (SSSR count). The number of benzene rings is 2. The molecule has 0 unspecified atom stereocenters. The van der Waals surface area contributed by atoms with Gasteiger partial charge in [0.15, 0.2) is 5.78 Å². The first-order chi connectivity index (χ1) is 13.0. The standard InChI is InChI=1S/C20H24N2O4S/c1-2-26-18-9-7-17(8-10-18)21-15-20(23)16-5-11-19(12-6-16)27(24,25)22-13-3-4-14-22/h5-12,21H,2-4,13-15H2,1H3. The zero-order valence-corrected chi connectivity index (χ0v) is 16.2. The number of anilines is 1. The molecule has 1 aliphatic heterocycles. The molecule has 0 bridgehead atoms. The van der Waals surface area contributed by atoms with E-state index in [0.29, 0.717) is 25.3 Å². The highest BCUT2D eigenvalue weighted by Gasteiger charge is 2.27. The van der Waals surface area contributed by atoms with Crippen molar-refractivity contribution in [3.05, 3.63) is 54.1 Å². The van der Waals surface area contributed by atoms with Gasteiger partial charge in [-0.2, -0.15) is 4.31 Å². The Balaban J connectivity index is 1.60. The topological polar surface area (TPSA) is 75.7 Å². The lowest BCUT2D eigenvalue weighted by molar-refractivity contribution is 0.101. The number of carbonyl (C=O) groups is 1. The van der Waals surface area contributed by atoms with Crippen molar-refractivity contribution in [3.8, 4) is 5.75 Å². The molecule has 0 aromatic heterocycles. The first kappa shape index (κ1) is 19.4. The highest BCUT2D eigenvalue weighted by molar-refractivity contribution is 7.89. The van der Waals surface area contributed by atoms with E-state index < -0.39 is 10.0 Å². The van der Waals surface area contributed by atoms with Crippen molar-refractivity contribution in [3.63, 3.8) is 0 Å². The van der Waals surface area contributed by atoms with Crippen LogP contribution in [0.4, 0.5) is 5.69 Å². The van der Waals surface area contributed by atoms with E-state index in [1.807, 2.05) is 31.2 Å². The van der Waals surface area contributed by atoms with Crippen LogP contribution in [-0.2, 0) is 10.0 Å². The van der Waals surface area contributed by atoms with E-state index in [2.05, 4.69) is 5.32 Å². The van der Waals surface area contributed by atoms with Gasteiger partial charge in [0.1, 0.15) is 5.75 Å². The monoisotopic (exact) mass is 388 g/mol. The quantitative estimate of drug-likeness (QED) is 0.703. The number of sulfonamides is 1. The zero-order chi connectivity index (χ0) is 19.3. The van der Waals surface area contributed by atoms with E-state index in [9.17, 15) is 13.2 Å². The van der Waals surface area contributed by atoms with Gasteiger partial charge < -0.3 is 10.1 Å². The van der Waals surface area contributed by atoms with Crippen LogP contribution in [-0.4, -0.2) is 44.7 Å². The zero-order valence-electron chi connectivity index (χ0n) is 15.3. The molecule has 2 aromatic carbocycles. The Morgan fingerprint density at radius 3 is 2.26 bits per heavy atom. The van der Waals surface area contributed by atoms with Crippen molar-refractivity contribution in [2.45, 2.75) is 24.7 Å². The highest BCUT2D eigenvalue weighted by atomic mass is 32.2. The first-order valence-corrected chi connectivity index (χ1v) is 10.5. The van der Waals surface area contributed by atoms with Crippen LogP contribution in [0.1, 0.15) is 30.1 Å². The van der Waals surface area contributed by atoms with Crippen LogP contribution in [0.25, 0.3) is 0 Å². The summed E-state index contributed by atoms with van der Waals surface area (Å²) in [6.45, 7) is 3.79. The molecule has 144 valence electrons. The Hall–Kier alpha value is -2.38. The molecular formula is C20H24N2O4S. The summed E-state index contributed by atoms with van der Waals surface area (Å²) in [5.74, 6) is 0.679. The maximum absolute atomic E-state index is 12.5. The van der Waals surface area contributed by atoms with Crippen LogP contribution >= 0.6 is 0 Å². The van der Waals surface area contributed by atoms with Crippen LogP contribution in [0, 0.1) is 0 Å². The number of hydrogen-bond donors (Lipinski definition) is 1. The third kappa shape index (κ3) is 4.67. The minimum Gasteiger partial charge on any atom is -0.494 e. The van der Waals surface area contributed by atoms with Crippen LogP contribution in [0.3, 0.4) is 0 Å². The van der Waals surface area contributed by atoms with E-state index in [4.69, 9.17) is 4.74 Å². The van der Waals surface area contributed by atoms with Crippen molar-refractivity contribution in [1.29, 1.82) is 0 Å². The fraction of sp³-hybridized carbons (Fsp3) is 0.350. The molecule has 6 nitrogen and oxygen atoms in total. The second kappa shape index (κ2) is 8.54. The van der Waals surface area contributed by atoms with Crippen molar-refractivity contribution in [2.24, 2.45) is 0 Å². The van der Waals surface area contributed by atoms with E-state index in [1.165, 1.54) is 16.4 Å². The summed E-state index contributed by atoms with van der Waals surface area (Å²) < 4.78 is 31.9. The minimum atomic E-state index is -3.45. The number of hydrogen-bond acceptors (Lipinski definition) is 5. The third-order valence-electron chi connectivity index (χ3n) is 4.50. The van der Waals surface area contributed by atoms with E-state index >= 15 is 0 Å². The predicted molar refractivity (Wildman–Crippen MR) is 105 cm³/mol. The molecule has 1 heterocycles. The van der Waals surface area contributed by atoms with E-state index in [0.717, 1.165) is 24.3 Å². The van der Waals surface area contributed by atoms with E-state index in [-0.39, 0.29) is 17.2 Å². The molecule has 1 N–H and O–H groups in total. The minimum absolute atomic E-state index is 0.103. The fourth-order valence-corrected chi connectivity index (χ4v) is 4.53. The Morgan fingerprint density at radius 1 is 1.04 bits per heavy atom. The molecule has 1 fully saturated rings. The summed E-state index contributed by atoms with van der Waals surface area (Å²) in [6, 6.07) is 13.6. The van der Waals surface area contributed by atoms with Gasteiger partial charge in [0, 0.05) is 24.3 Å². The van der Waals surface area contributed by atoms with Gasteiger partial charge in [0.2, 0.25) is 10.0 Å². The second-order valence-corrected chi connectivity index (χ2v) is 8.31. The van der Waals surface area contributed by atoms with Crippen molar-refractivity contribution in [2.75, 3.05) is 31.6 Å². The molecule has 2 aromatic rings. The number of nitrogens with one attached hydrogen (secondary N) is 1. The summed E-state index contributed by atoms with van der Waals surface area (Å²) >= 11 is 0. The molecule has 0 radical (unpaired) electrons. The molecule has 7 heteroatoms. The molecule has 0 atom stereocenters. The highest BCUT2D eigenvalue weighted by Crippen LogP contribution is 2.21. The lowest BCUT2D eigenvalue weighted by Gasteiger charge is -2.15. The van der Waals surface area contributed by atoms with Gasteiger partial charge in [-0.3, -0.25) is 4.79 Å². The molecule has 27 heavy (non-hydrogen) atoms. The third-order valence-corrected chi connectivity index (χ3v) is 6.41. The van der Waals surface area contributed by atoms with Gasteiger partial charge in [0.25, 0.3) is 0 Å². The van der Waals surface area contributed by atoms with Gasteiger partial charge >= 0.3 is 0 Å². The predicted octanol–water partition coefficient (Wildman–Crippen LogP) is 3.16. The Labute approximate surface area is 160 Å². The summed E-state index contributed by atoms with van der Waals surface area (Å²) in [4.78, 5) is 12.6. The molecular weight excluding hydrogens is 364 g/mol. The molecule has 0 saturated carbocycles. The number of Topliss-reactive ketones (excluding diaryl/α,β-unsaturated/α-hetero) is 1. The largest absolute Gasteiger partial charge is 0.494 e. The van der Waals surface area contributed by atoms with Crippen molar-refractivity contribution in [1.82, 2.24) is 4.31 Å². The number of ether oxygens (including phenoxy) is 1. The second-order valence-electron chi connectivity index (χ2n) is 6.37. The smallest absolute Gasteiger partial charge is 0.243 e. The average Bonchev–Trinajstić information content (AvgIpc) is 3.23. The molecule has 0 amide bonds. The van der Waals surface area contributed by atoms with Gasteiger partial charge in [-0.1, -0.05) is 0 Å². The van der Waals surface area contributed by atoms with Crippen LogP contribution in [0.15, 0.2) is 53.4 Å². The summed E-state index contributed by atoms with van der Waals surface area (Å²) in [5.41, 5.74) is 1.30. The van der Waals surface area contributed by atoms with Crippen molar-refractivity contribution >= 4 is 21.5 Å². The van der Waals surface area contributed by atoms with Gasteiger partial charge in [-0.15, -0.1) is 0 Å². The Kier molecular flexibility index (Phi) is 6.13. The summed E-state index contributed by atoms with van der Waals surface area (Å²) in [6.07, 6.45) is 1.79. The summed E-state index contributed by atoms with van der Waals surface area (Å²) in [7, 11) is -3.45. The number of carbonyl (C=O) groups excluding carboxylic acids is 1. The van der Waals surface area contributed by atoms with Gasteiger partial charge in [-0.05, 0) is 68.3 Å². The molecule has 1 aliphatic rings. The Bertz CT molecular complexity index is 871. The number of ketones is 1.